The number of halogens is 1. The molecule has 1 amide bonds. The molecule has 1 saturated heterocycles. The van der Waals surface area contributed by atoms with E-state index in [-0.39, 0.29) is 16.5 Å². The van der Waals surface area contributed by atoms with E-state index in [1.807, 2.05) is 4.90 Å². The summed E-state index contributed by atoms with van der Waals surface area (Å²) in [5.74, 6) is 0.0134. The summed E-state index contributed by atoms with van der Waals surface area (Å²) >= 11 is 6.04. The van der Waals surface area contributed by atoms with Gasteiger partial charge in [0.15, 0.2) is 5.69 Å². The van der Waals surface area contributed by atoms with Gasteiger partial charge in [0.25, 0.3) is 5.91 Å². The van der Waals surface area contributed by atoms with Gasteiger partial charge in [-0.15, -0.1) is 0 Å². The molecule has 22 heavy (non-hydrogen) atoms. The molecule has 1 fully saturated rings. The summed E-state index contributed by atoms with van der Waals surface area (Å²) in [6.45, 7) is 1.75. The van der Waals surface area contributed by atoms with Crippen molar-refractivity contribution in [1.29, 1.82) is 0 Å². The number of hydrogen-bond acceptors (Lipinski definition) is 5. The molecule has 1 aliphatic rings. The lowest BCUT2D eigenvalue weighted by Gasteiger charge is -2.16. The quantitative estimate of drug-likeness (QED) is 0.851. The minimum absolute atomic E-state index is 0.0132. The number of carbonyl (C=O) groups is 1. The Balaban J connectivity index is 1.85. The maximum absolute atomic E-state index is 12.3. The maximum atomic E-state index is 12.3. The number of aromatic hydroxyl groups is 1. The highest BCUT2D eigenvalue weighted by atomic mass is 35.5. The van der Waals surface area contributed by atoms with E-state index in [0.29, 0.717) is 11.6 Å². The number of aromatic nitrogens is 2. The third-order valence-corrected chi connectivity index (χ3v) is 3.76. The van der Waals surface area contributed by atoms with Crippen molar-refractivity contribution < 1.29 is 9.90 Å². The Morgan fingerprint density at radius 3 is 2.73 bits per heavy atom. The van der Waals surface area contributed by atoms with Crippen molar-refractivity contribution in [3.63, 3.8) is 0 Å². The zero-order chi connectivity index (χ0) is 15.5. The first kappa shape index (κ1) is 14.6. The lowest BCUT2D eigenvalue weighted by molar-refractivity contribution is 0.102. The van der Waals surface area contributed by atoms with Gasteiger partial charge >= 0.3 is 0 Å². The monoisotopic (exact) mass is 318 g/mol. The van der Waals surface area contributed by atoms with E-state index in [1.165, 1.54) is 12.3 Å². The summed E-state index contributed by atoms with van der Waals surface area (Å²) in [7, 11) is 0. The van der Waals surface area contributed by atoms with Gasteiger partial charge in [-0.05, 0) is 25.0 Å². The number of rotatable bonds is 3. The molecular weight excluding hydrogens is 304 g/mol. The van der Waals surface area contributed by atoms with Gasteiger partial charge in [-0.3, -0.25) is 4.79 Å². The van der Waals surface area contributed by atoms with Crippen LogP contribution in [0, 0.1) is 0 Å². The first-order valence-electron chi connectivity index (χ1n) is 7.02. The number of nitrogens with zero attached hydrogens (tertiary/aromatic N) is 3. The lowest BCUT2D eigenvalue weighted by Crippen LogP contribution is -2.23. The third kappa shape index (κ3) is 2.96. The highest BCUT2D eigenvalue weighted by Gasteiger charge is 2.20. The topological polar surface area (TPSA) is 78.3 Å². The molecule has 0 saturated carbocycles. The van der Waals surface area contributed by atoms with Gasteiger partial charge in [0.1, 0.15) is 5.75 Å². The smallest absolute Gasteiger partial charge is 0.276 e. The van der Waals surface area contributed by atoms with E-state index in [4.69, 9.17) is 11.6 Å². The lowest BCUT2D eigenvalue weighted by atomic mass is 10.3. The third-order valence-electron chi connectivity index (χ3n) is 3.49. The second-order valence-corrected chi connectivity index (χ2v) is 5.44. The molecule has 0 bridgehead atoms. The minimum Gasteiger partial charge on any atom is -0.506 e. The van der Waals surface area contributed by atoms with Crippen LogP contribution in [0.1, 0.15) is 23.3 Å². The molecule has 2 N–H and O–H groups in total. The summed E-state index contributed by atoms with van der Waals surface area (Å²) in [5, 5.41) is 12.5. The van der Waals surface area contributed by atoms with Crippen molar-refractivity contribution in [3.05, 3.63) is 41.2 Å². The SMILES string of the molecule is O=C(Nc1ccccc1O)c1nc(N2CCCC2)ncc1Cl. The Bertz CT molecular complexity index is 702. The maximum Gasteiger partial charge on any atom is 0.276 e. The number of phenols is 1. The number of amides is 1. The number of para-hydroxylation sites is 2. The standard InChI is InChI=1S/C15H15ClN4O2/c16-10-9-17-15(20-7-3-4-8-20)19-13(10)14(22)18-11-5-1-2-6-12(11)21/h1-2,5-6,9,21H,3-4,7-8H2,(H,18,22). The Labute approximate surface area is 132 Å². The Kier molecular flexibility index (Phi) is 4.11. The largest absolute Gasteiger partial charge is 0.506 e. The van der Waals surface area contributed by atoms with Crippen molar-refractivity contribution >= 4 is 29.1 Å². The number of anilines is 2. The molecule has 2 heterocycles. The van der Waals surface area contributed by atoms with Crippen LogP contribution in [0.4, 0.5) is 11.6 Å². The molecule has 0 spiro atoms. The first-order valence-corrected chi connectivity index (χ1v) is 7.40. The van der Waals surface area contributed by atoms with E-state index in [0.717, 1.165) is 25.9 Å². The van der Waals surface area contributed by atoms with E-state index in [2.05, 4.69) is 15.3 Å². The number of nitrogens with one attached hydrogen (secondary N) is 1. The highest BCUT2D eigenvalue weighted by molar-refractivity contribution is 6.34. The molecule has 0 atom stereocenters. The Morgan fingerprint density at radius 2 is 2.00 bits per heavy atom. The molecule has 0 radical (unpaired) electrons. The molecule has 0 unspecified atom stereocenters. The molecule has 114 valence electrons. The summed E-state index contributed by atoms with van der Waals surface area (Å²) in [6.07, 6.45) is 3.61. The summed E-state index contributed by atoms with van der Waals surface area (Å²) in [5.41, 5.74) is 0.409. The zero-order valence-corrected chi connectivity index (χ0v) is 12.5. The van der Waals surface area contributed by atoms with Crippen LogP contribution in [-0.4, -0.2) is 34.1 Å². The Hall–Kier alpha value is -2.34. The second kappa shape index (κ2) is 6.19. The molecule has 0 aliphatic carbocycles. The van der Waals surface area contributed by atoms with Crippen LogP contribution in [0.2, 0.25) is 5.02 Å². The zero-order valence-electron chi connectivity index (χ0n) is 11.8. The van der Waals surface area contributed by atoms with E-state index >= 15 is 0 Å². The highest BCUT2D eigenvalue weighted by Crippen LogP contribution is 2.24. The first-order chi connectivity index (χ1) is 10.6. The van der Waals surface area contributed by atoms with E-state index in [1.54, 1.807) is 18.2 Å². The molecule has 1 aromatic heterocycles. The number of carbonyl (C=O) groups excluding carboxylic acids is 1. The van der Waals surface area contributed by atoms with Gasteiger partial charge in [-0.2, -0.15) is 0 Å². The predicted octanol–water partition coefficient (Wildman–Crippen LogP) is 2.69. The van der Waals surface area contributed by atoms with Crippen molar-refractivity contribution in [2.24, 2.45) is 0 Å². The van der Waals surface area contributed by atoms with Gasteiger partial charge < -0.3 is 15.3 Å². The number of phenolic OH excluding ortho intramolecular Hbond substituents is 1. The normalized spacial score (nSPS) is 14.1. The van der Waals surface area contributed by atoms with Crippen molar-refractivity contribution in [3.8, 4) is 5.75 Å². The van der Waals surface area contributed by atoms with Crippen molar-refractivity contribution in [1.82, 2.24) is 9.97 Å². The fourth-order valence-electron chi connectivity index (χ4n) is 2.35. The number of benzene rings is 1. The fraction of sp³-hybridized carbons (Fsp3) is 0.267. The van der Waals surface area contributed by atoms with E-state index < -0.39 is 5.91 Å². The Morgan fingerprint density at radius 1 is 1.27 bits per heavy atom. The molecule has 3 rings (SSSR count). The molecule has 2 aromatic rings. The molecule has 7 heteroatoms. The van der Waals surface area contributed by atoms with Crippen molar-refractivity contribution in [2.75, 3.05) is 23.3 Å². The van der Waals surface area contributed by atoms with Gasteiger partial charge in [0.05, 0.1) is 16.9 Å². The fourth-order valence-corrected chi connectivity index (χ4v) is 2.52. The van der Waals surface area contributed by atoms with Gasteiger partial charge in [-0.25, -0.2) is 9.97 Å². The van der Waals surface area contributed by atoms with Crippen LogP contribution in [0.3, 0.4) is 0 Å². The van der Waals surface area contributed by atoms with Crippen molar-refractivity contribution in [2.45, 2.75) is 12.8 Å². The van der Waals surface area contributed by atoms with Crippen LogP contribution in [0.15, 0.2) is 30.5 Å². The van der Waals surface area contributed by atoms with Gasteiger partial charge in [-0.1, -0.05) is 23.7 Å². The molecule has 6 nitrogen and oxygen atoms in total. The summed E-state index contributed by atoms with van der Waals surface area (Å²) in [6, 6.07) is 6.48. The van der Waals surface area contributed by atoms with E-state index in [9.17, 15) is 9.90 Å². The summed E-state index contributed by atoms with van der Waals surface area (Å²) < 4.78 is 0. The molecule has 1 aliphatic heterocycles. The average molecular weight is 319 g/mol. The van der Waals surface area contributed by atoms with Crippen LogP contribution in [0.25, 0.3) is 0 Å². The van der Waals surface area contributed by atoms with Gasteiger partial charge in [0, 0.05) is 13.1 Å². The number of hydrogen-bond donors (Lipinski definition) is 2. The van der Waals surface area contributed by atoms with Crippen LogP contribution >= 0.6 is 11.6 Å². The van der Waals surface area contributed by atoms with Crippen LogP contribution in [0.5, 0.6) is 5.75 Å². The second-order valence-electron chi connectivity index (χ2n) is 5.03. The molecule has 1 aromatic carbocycles. The average Bonchev–Trinajstić information content (AvgIpc) is 3.04. The van der Waals surface area contributed by atoms with Crippen LogP contribution in [-0.2, 0) is 0 Å². The minimum atomic E-state index is -0.477. The predicted molar refractivity (Wildman–Crippen MR) is 84.5 cm³/mol. The van der Waals surface area contributed by atoms with Crippen LogP contribution < -0.4 is 10.2 Å². The summed E-state index contributed by atoms with van der Waals surface area (Å²) in [4.78, 5) is 22.8. The molecular formula is C15H15ClN4O2. The van der Waals surface area contributed by atoms with Gasteiger partial charge in [0.2, 0.25) is 5.95 Å².